The van der Waals surface area contributed by atoms with Gasteiger partial charge in [0.25, 0.3) is 0 Å². The number of rotatable bonds is 1. The molecule has 0 radical (unpaired) electrons. The normalized spacial score (nSPS) is 13.9. The van der Waals surface area contributed by atoms with Gasteiger partial charge in [-0.25, -0.2) is 0 Å². The van der Waals surface area contributed by atoms with Gasteiger partial charge in [-0.3, -0.25) is 4.99 Å². The van der Waals surface area contributed by atoms with Crippen LogP contribution in [0.2, 0.25) is 0 Å². The third-order valence-corrected chi connectivity index (χ3v) is 1.37. The van der Waals surface area contributed by atoms with Gasteiger partial charge < -0.3 is 48.0 Å². The SMILES string of the molecule is CCC1=NCCC1.[I-].[I-].[Zn+2]. The monoisotopic (exact) mass is 415 g/mol. The Morgan fingerprint density at radius 2 is 2.00 bits per heavy atom. The van der Waals surface area contributed by atoms with E-state index in [0.717, 1.165) is 6.54 Å². The van der Waals surface area contributed by atoms with Gasteiger partial charge in [0.05, 0.1) is 0 Å². The third-order valence-electron chi connectivity index (χ3n) is 1.37. The largest absolute Gasteiger partial charge is 2.00 e. The van der Waals surface area contributed by atoms with Crippen molar-refractivity contribution in [1.82, 2.24) is 0 Å². The molecule has 0 saturated heterocycles. The van der Waals surface area contributed by atoms with Gasteiger partial charge in [0.15, 0.2) is 0 Å². The van der Waals surface area contributed by atoms with E-state index in [0.29, 0.717) is 0 Å². The summed E-state index contributed by atoms with van der Waals surface area (Å²) in [6.45, 7) is 3.26. The fourth-order valence-corrected chi connectivity index (χ4v) is 0.888. The molecule has 1 aliphatic rings. The zero-order valence-electron chi connectivity index (χ0n) is 6.24. The van der Waals surface area contributed by atoms with Gasteiger partial charge in [0.1, 0.15) is 0 Å². The molecule has 1 heterocycles. The molecule has 0 aromatic heterocycles. The van der Waals surface area contributed by atoms with Crippen LogP contribution in [0.1, 0.15) is 26.2 Å². The number of hydrogen-bond donors (Lipinski definition) is 0. The van der Waals surface area contributed by atoms with Crippen LogP contribution in [0, 0.1) is 0 Å². The molecule has 1 nitrogen and oxygen atoms in total. The van der Waals surface area contributed by atoms with E-state index in [-0.39, 0.29) is 67.4 Å². The van der Waals surface area contributed by atoms with E-state index in [1.807, 2.05) is 0 Å². The Morgan fingerprint density at radius 3 is 2.20 bits per heavy atom. The molecule has 56 valence electrons. The molecule has 0 bridgehead atoms. The van der Waals surface area contributed by atoms with Crippen molar-refractivity contribution in [2.75, 3.05) is 6.54 Å². The summed E-state index contributed by atoms with van der Waals surface area (Å²) in [6.07, 6.45) is 3.72. The van der Waals surface area contributed by atoms with Crippen LogP contribution in [0.15, 0.2) is 4.99 Å². The van der Waals surface area contributed by atoms with Gasteiger partial charge in [0, 0.05) is 12.3 Å². The smallest absolute Gasteiger partial charge is 1.00 e. The second kappa shape index (κ2) is 10.8. The Balaban J connectivity index is -0.000000163. The summed E-state index contributed by atoms with van der Waals surface area (Å²) in [4.78, 5) is 4.27. The van der Waals surface area contributed by atoms with E-state index in [1.165, 1.54) is 25.0 Å². The first-order chi connectivity index (χ1) is 3.43. The minimum Gasteiger partial charge on any atom is -1.00 e. The Bertz CT molecular complexity index is 95.7. The predicted octanol–water partition coefficient (Wildman–Crippen LogP) is -4.36. The molecular formula is C6H11I2NZn. The molecule has 0 atom stereocenters. The second-order valence-corrected chi connectivity index (χ2v) is 1.91. The minimum absolute atomic E-state index is 0. The summed E-state index contributed by atoms with van der Waals surface area (Å²) < 4.78 is 0. The molecular weight excluding hydrogens is 405 g/mol. The van der Waals surface area contributed by atoms with Crippen molar-refractivity contribution in [3.05, 3.63) is 0 Å². The molecule has 0 spiro atoms. The van der Waals surface area contributed by atoms with E-state index in [4.69, 9.17) is 0 Å². The molecule has 0 aromatic carbocycles. The third kappa shape index (κ3) is 6.46. The number of nitrogens with zero attached hydrogens (tertiary/aromatic N) is 1. The summed E-state index contributed by atoms with van der Waals surface area (Å²) in [5.41, 5.74) is 1.42. The fourth-order valence-electron chi connectivity index (χ4n) is 0.888. The zero-order valence-corrected chi connectivity index (χ0v) is 13.5. The van der Waals surface area contributed by atoms with Crippen LogP contribution in [0.5, 0.6) is 0 Å². The molecule has 10 heavy (non-hydrogen) atoms. The second-order valence-electron chi connectivity index (χ2n) is 1.91. The van der Waals surface area contributed by atoms with Crippen molar-refractivity contribution >= 4 is 5.71 Å². The van der Waals surface area contributed by atoms with Crippen LogP contribution in [0.3, 0.4) is 0 Å². The van der Waals surface area contributed by atoms with Crippen LogP contribution in [-0.2, 0) is 19.5 Å². The van der Waals surface area contributed by atoms with E-state index < -0.39 is 0 Å². The van der Waals surface area contributed by atoms with E-state index in [1.54, 1.807) is 0 Å². The molecule has 0 aliphatic carbocycles. The van der Waals surface area contributed by atoms with Crippen molar-refractivity contribution in [1.29, 1.82) is 0 Å². The van der Waals surface area contributed by atoms with Crippen LogP contribution in [0.25, 0.3) is 0 Å². The Kier molecular flexibility index (Phi) is 19.1. The average Bonchev–Trinajstić information content (AvgIpc) is 2.14. The Labute approximate surface area is 110 Å². The van der Waals surface area contributed by atoms with Crippen LogP contribution >= 0.6 is 0 Å². The quantitative estimate of drug-likeness (QED) is 0.303. The topological polar surface area (TPSA) is 12.4 Å². The van der Waals surface area contributed by atoms with Gasteiger partial charge in [-0.15, -0.1) is 0 Å². The summed E-state index contributed by atoms with van der Waals surface area (Å²) in [7, 11) is 0. The van der Waals surface area contributed by atoms with Crippen LogP contribution in [0.4, 0.5) is 0 Å². The molecule has 0 fully saturated rings. The number of halogens is 2. The van der Waals surface area contributed by atoms with Crippen molar-refractivity contribution in [2.24, 2.45) is 4.99 Å². The van der Waals surface area contributed by atoms with Crippen molar-refractivity contribution in [3.63, 3.8) is 0 Å². The minimum atomic E-state index is 0. The first kappa shape index (κ1) is 17.7. The molecule has 0 saturated carbocycles. The number of aliphatic imine (C=N–C) groups is 1. The first-order valence-corrected chi connectivity index (χ1v) is 2.95. The van der Waals surface area contributed by atoms with Gasteiger partial charge in [-0.1, -0.05) is 6.92 Å². The summed E-state index contributed by atoms with van der Waals surface area (Å²) in [6, 6.07) is 0. The van der Waals surface area contributed by atoms with Crippen LogP contribution < -0.4 is 48.0 Å². The molecule has 1 aliphatic heterocycles. The predicted molar refractivity (Wildman–Crippen MR) is 31.8 cm³/mol. The summed E-state index contributed by atoms with van der Waals surface area (Å²) in [5, 5.41) is 0. The van der Waals surface area contributed by atoms with Crippen molar-refractivity contribution in [3.8, 4) is 0 Å². The summed E-state index contributed by atoms with van der Waals surface area (Å²) >= 11 is 0. The number of hydrogen-bond acceptors (Lipinski definition) is 1. The molecule has 4 heteroatoms. The maximum atomic E-state index is 4.27. The molecule has 1 rings (SSSR count). The molecule has 0 unspecified atom stereocenters. The first-order valence-electron chi connectivity index (χ1n) is 2.95. The van der Waals surface area contributed by atoms with Gasteiger partial charge in [-0.05, 0) is 19.3 Å². The maximum Gasteiger partial charge on any atom is 2.00 e. The molecule has 0 N–H and O–H groups in total. The van der Waals surface area contributed by atoms with E-state index in [2.05, 4.69) is 11.9 Å². The Hall–Kier alpha value is 1.75. The van der Waals surface area contributed by atoms with Crippen molar-refractivity contribution < 1.29 is 67.4 Å². The summed E-state index contributed by atoms with van der Waals surface area (Å²) in [5.74, 6) is 0. The van der Waals surface area contributed by atoms with Gasteiger partial charge in [-0.2, -0.15) is 0 Å². The Morgan fingerprint density at radius 1 is 1.40 bits per heavy atom. The van der Waals surface area contributed by atoms with Crippen molar-refractivity contribution in [2.45, 2.75) is 26.2 Å². The van der Waals surface area contributed by atoms with Gasteiger partial charge >= 0.3 is 19.5 Å². The maximum absolute atomic E-state index is 4.27. The standard InChI is InChI=1S/C6H11N.2HI.Zn/c1-2-6-4-3-5-7-6;;;/h2-5H2,1H3;2*1H;/q;;;+2/p-2. The molecule has 0 amide bonds. The van der Waals surface area contributed by atoms with E-state index in [9.17, 15) is 0 Å². The molecule has 0 aromatic rings. The van der Waals surface area contributed by atoms with Gasteiger partial charge in [0.2, 0.25) is 0 Å². The average molecular weight is 416 g/mol. The van der Waals surface area contributed by atoms with Crippen LogP contribution in [-0.4, -0.2) is 12.3 Å². The fraction of sp³-hybridized carbons (Fsp3) is 0.833. The zero-order chi connectivity index (χ0) is 5.11. The van der Waals surface area contributed by atoms with E-state index >= 15 is 0 Å².